The van der Waals surface area contributed by atoms with E-state index in [1.807, 2.05) is 46.2 Å². The summed E-state index contributed by atoms with van der Waals surface area (Å²) in [6.45, 7) is 7.76. The highest BCUT2D eigenvalue weighted by molar-refractivity contribution is 5.94. The van der Waals surface area contributed by atoms with Crippen molar-refractivity contribution in [3.63, 3.8) is 0 Å². The molecule has 0 N–H and O–H groups in total. The first kappa shape index (κ1) is 26.7. The van der Waals surface area contributed by atoms with E-state index in [0.29, 0.717) is 38.4 Å². The van der Waals surface area contributed by atoms with E-state index >= 15 is 0 Å². The first-order valence-electron chi connectivity index (χ1n) is 12.9. The van der Waals surface area contributed by atoms with Crippen molar-refractivity contribution in [1.29, 1.82) is 0 Å². The number of anilines is 1. The topological polar surface area (TPSA) is 53.1 Å². The van der Waals surface area contributed by atoms with Crippen molar-refractivity contribution in [2.45, 2.75) is 52.5 Å². The summed E-state index contributed by atoms with van der Waals surface area (Å²) in [5.41, 5.74) is 3.10. The molecule has 2 amide bonds. The van der Waals surface area contributed by atoms with Crippen molar-refractivity contribution in [2.75, 3.05) is 45.2 Å². The number of carbonyl (C=O) groups is 2. The summed E-state index contributed by atoms with van der Waals surface area (Å²) in [4.78, 5) is 32.7. The third kappa shape index (κ3) is 7.82. The fourth-order valence-corrected chi connectivity index (χ4v) is 4.64. The molecule has 2 aromatic rings. The number of rotatable bonds is 7. The second-order valence-electron chi connectivity index (χ2n) is 9.91. The molecule has 2 aromatic carbocycles. The fraction of sp³-hybridized carbons (Fsp3) is 0.517. The average molecular weight is 480 g/mol. The molecule has 1 aliphatic rings. The molecule has 0 saturated carbocycles. The fourth-order valence-electron chi connectivity index (χ4n) is 4.64. The van der Waals surface area contributed by atoms with Crippen LogP contribution < -0.4 is 9.64 Å². The summed E-state index contributed by atoms with van der Waals surface area (Å²) in [6, 6.07) is 16.1. The maximum absolute atomic E-state index is 13.4. The van der Waals surface area contributed by atoms with Crippen LogP contribution in [0.2, 0.25) is 0 Å². The lowest BCUT2D eigenvalue weighted by Crippen LogP contribution is -2.37. The van der Waals surface area contributed by atoms with E-state index in [1.54, 1.807) is 7.11 Å². The van der Waals surface area contributed by atoms with Crippen molar-refractivity contribution >= 4 is 17.5 Å². The van der Waals surface area contributed by atoms with E-state index in [9.17, 15) is 9.59 Å². The molecule has 0 bridgehead atoms. The third-order valence-electron chi connectivity index (χ3n) is 6.58. The number of hydrogen-bond donors (Lipinski definition) is 0. The minimum absolute atomic E-state index is 0.155. The predicted molar refractivity (Wildman–Crippen MR) is 142 cm³/mol. The number of aryl methyl sites for hydroxylation is 1. The zero-order valence-electron chi connectivity index (χ0n) is 21.8. The molecule has 0 aromatic heterocycles. The Hall–Kier alpha value is -2.86. The second-order valence-corrected chi connectivity index (χ2v) is 9.91. The molecule has 0 aliphatic carbocycles. The average Bonchev–Trinajstić information content (AvgIpc) is 2.87. The van der Waals surface area contributed by atoms with Gasteiger partial charge < -0.3 is 19.4 Å². The van der Waals surface area contributed by atoms with E-state index in [4.69, 9.17) is 4.74 Å². The van der Waals surface area contributed by atoms with Gasteiger partial charge in [0.2, 0.25) is 11.8 Å². The Morgan fingerprint density at radius 2 is 1.69 bits per heavy atom. The number of ether oxygens (including phenoxy) is 1. The van der Waals surface area contributed by atoms with Crippen LogP contribution in [0, 0.1) is 5.92 Å². The normalized spacial score (nSPS) is 15.5. The first-order valence-corrected chi connectivity index (χ1v) is 12.9. The van der Waals surface area contributed by atoms with E-state index in [0.717, 1.165) is 54.9 Å². The summed E-state index contributed by atoms with van der Waals surface area (Å²) in [6.07, 6.45) is 3.49. The van der Waals surface area contributed by atoms with Gasteiger partial charge in [0.15, 0.2) is 0 Å². The van der Waals surface area contributed by atoms with Crippen LogP contribution in [0.25, 0.3) is 0 Å². The Kier molecular flexibility index (Phi) is 10.2. The van der Waals surface area contributed by atoms with E-state index in [-0.39, 0.29) is 11.8 Å². The lowest BCUT2D eigenvalue weighted by Gasteiger charge is -2.28. The number of amides is 2. The molecule has 0 unspecified atom stereocenters. The number of nitrogens with zero attached hydrogens (tertiary/aromatic N) is 3. The minimum atomic E-state index is 0.155. The summed E-state index contributed by atoms with van der Waals surface area (Å²) >= 11 is 0. The second kappa shape index (κ2) is 13.3. The van der Waals surface area contributed by atoms with Crippen molar-refractivity contribution in [1.82, 2.24) is 9.80 Å². The predicted octanol–water partition coefficient (Wildman–Crippen LogP) is 4.76. The summed E-state index contributed by atoms with van der Waals surface area (Å²) in [5.74, 6) is 1.49. The Labute approximate surface area is 210 Å². The molecular weight excluding hydrogens is 438 g/mol. The van der Waals surface area contributed by atoms with E-state index < -0.39 is 0 Å². The molecule has 3 rings (SSSR count). The van der Waals surface area contributed by atoms with Crippen LogP contribution in [-0.4, -0.2) is 62.0 Å². The zero-order valence-corrected chi connectivity index (χ0v) is 21.8. The Morgan fingerprint density at radius 1 is 0.943 bits per heavy atom. The van der Waals surface area contributed by atoms with E-state index in [2.05, 4.69) is 37.9 Å². The monoisotopic (exact) mass is 479 g/mol. The summed E-state index contributed by atoms with van der Waals surface area (Å²) < 4.78 is 5.46. The highest BCUT2D eigenvalue weighted by atomic mass is 16.5. The molecule has 0 radical (unpaired) electrons. The van der Waals surface area contributed by atoms with Crippen molar-refractivity contribution in [3.05, 3.63) is 59.7 Å². The quantitative estimate of drug-likeness (QED) is 0.575. The molecule has 0 saturated heterocycles. The zero-order chi connectivity index (χ0) is 25.2. The first-order chi connectivity index (χ1) is 16.9. The maximum Gasteiger partial charge on any atom is 0.227 e. The van der Waals surface area contributed by atoms with Crippen LogP contribution in [0.15, 0.2) is 48.5 Å². The molecule has 35 heavy (non-hydrogen) atoms. The van der Waals surface area contributed by atoms with Gasteiger partial charge in [-0.15, -0.1) is 0 Å². The van der Waals surface area contributed by atoms with Gasteiger partial charge in [-0.3, -0.25) is 9.59 Å². The summed E-state index contributed by atoms with van der Waals surface area (Å²) in [5, 5.41) is 0. The third-order valence-corrected chi connectivity index (χ3v) is 6.58. The molecule has 1 aliphatic heterocycles. The standard InChI is InChI=1S/C29H41N3O3/c1-23(2)21-29(34)32-18-10-17-30(3)19-20-31(22-25-12-5-7-14-26(25)32)28(33)16-9-13-24-11-6-8-15-27(24)35-4/h5-8,11-12,14-15,23H,9-10,13,16-22H2,1-4H3. The molecule has 190 valence electrons. The van der Waals surface area contributed by atoms with Crippen molar-refractivity contribution in [2.24, 2.45) is 5.92 Å². The number of likely N-dealkylation sites (N-methyl/N-ethyl adjacent to an activating group) is 1. The lowest BCUT2D eigenvalue weighted by molar-refractivity contribution is -0.132. The molecule has 1 heterocycles. The highest BCUT2D eigenvalue weighted by Gasteiger charge is 2.23. The van der Waals surface area contributed by atoms with Crippen LogP contribution in [0.1, 0.15) is 50.7 Å². The number of methoxy groups -OCH3 is 1. The van der Waals surface area contributed by atoms with Crippen LogP contribution >= 0.6 is 0 Å². The van der Waals surface area contributed by atoms with Gasteiger partial charge in [-0.2, -0.15) is 0 Å². The number of hydrogen-bond acceptors (Lipinski definition) is 4. The number of fused-ring (bicyclic) bond motifs is 1. The smallest absolute Gasteiger partial charge is 0.227 e. The van der Waals surface area contributed by atoms with Gasteiger partial charge in [0.1, 0.15) is 5.75 Å². The van der Waals surface area contributed by atoms with Crippen molar-refractivity contribution < 1.29 is 14.3 Å². The Morgan fingerprint density at radius 3 is 2.46 bits per heavy atom. The van der Waals surface area contributed by atoms with Gasteiger partial charge in [-0.25, -0.2) is 0 Å². The Bertz CT molecular complexity index is 975. The van der Waals surface area contributed by atoms with Gasteiger partial charge in [0.05, 0.1) is 7.11 Å². The molecule has 0 fully saturated rings. The number of benzene rings is 2. The van der Waals surface area contributed by atoms with Gasteiger partial charge in [0, 0.05) is 44.7 Å². The maximum atomic E-state index is 13.4. The molecular formula is C29H41N3O3. The van der Waals surface area contributed by atoms with Gasteiger partial charge in [-0.05, 0) is 62.0 Å². The van der Waals surface area contributed by atoms with Crippen LogP contribution in [0.4, 0.5) is 5.69 Å². The van der Waals surface area contributed by atoms with Crippen LogP contribution in [0.5, 0.6) is 5.75 Å². The molecule has 6 nitrogen and oxygen atoms in total. The molecule has 6 heteroatoms. The van der Waals surface area contributed by atoms with Crippen LogP contribution in [-0.2, 0) is 22.6 Å². The lowest BCUT2D eigenvalue weighted by atomic mass is 10.1. The van der Waals surface area contributed by atoms with Gasteiger partial charge in [-0.1, -0.05) is 50.2 Å². The Balaban J connectivity index is 1.77. The highest BCUT2D eigenvalue weighted by Crippen LogP contribution is 2.25. The SMILES string of the molecule is COc1ccccc1CCCC(=O)N1CCN(C)CCCN(C(=O)CC(C)C)c2ccccc2C1. The van der Waals surface area contributed by atoms with Gasteiger partial charge in [0.25, 0.3) is 0 Å². The van der Waals surface area contributed by atoms with Gasteiger partial charge >= 0.3 is 0 Å². The minimum Gasteiger partial charge on any atom is -0.496 e. The van der Waals surface area contributed by atoms with E-state index in [1.165, 1.54) is 0 Å². The van der Waals surface area contributed by atoms with Crippen molar-refractivity contribution in [3.8, 4) is 5.75 Å². The van der Waals surface area contributed by atoms with Crippen LogP contribution in [0.3, 0.4) is 0 Å². The largest absolute Gasteiger partial charge is 0.496 e. The number of carbonyl (C=O) groups excluding carboxylic acids is 2. The molecule has 0 spiro atoms. The summed E-state index contributed by atoms with van der Waals surface area (Å²) in [7, 11) is 3.77. The number of para-hydroxylation sites is 2. The molecule has 0 atom stereocenters.